The highest BCUT2D eigenvalue weighted by Gasteiger charge is 2.13. The van der Waals surface area contributed by atoms with Crippen molar-refractivity contribution in [3.05, 3.63) is 64.4 Å². The van der Waals surface area contributed by atoms with E-state index in [0.29, 0.717) is 23.5 Å². The molecule has 0 spiro atoms. The lowest BCUT2D eigenvalue weighted by Crippen LogP contribution is -2.28. The second-order valence-electron chi connectivity index (χ2n) is 4.86. The van der Waals surface area contributed by atoms with Crippen LogP contribution in [0.25, 0.3) is 0 Å². The van der Waals surface area contributed by atoms with Crippen molar-refractivity contribution < 1.29 is 19.0 Å². The molecule has 0 saturated heterocycles. The lowest BCUT2D eigenvalue weighted by atomic mass is 10.1. The molecule has 0 aliphatic heterocycles. The minimum Gasteiger partial charge on any atom is -0.494 e. The van der Waals surface area contributed by atoms with Crippen molar-refractivity contribution in [2.45, 2.75) is 13.0 Å². The molecule has 122 valence electrons. The van der Waals surface area contributed by atoms with Gasteiger partial charge in [-0.3, -0.25) is 4.79 Å². The van der Waals surface area contributed by atoms with Gasteiger partial charge in [0, 0.05) is 12.1 Å². The molecule has 0 heterocycles. The van der Waals surface area contributed by atoms with Crippen LogP contribution in [0.2, 0.25) is 5.02 Å². The predicted molar refractivity (Wildman–Crippen MR) is 86.3 cm³/mol. The standard InChI is InChI=1S/C17H17ClFNO3/c1-2-23-13-5-3-4-12(8-13)17(22)20-10-16(21)11-6-7-14(18)15(19)9-11/h3-9,16,21H,2,10H2,1H3,(H,20,22). The molecular weight excluding hydrogens is 321 g/mol. The van der Waals surface area contributed by atoms with Gasteiger partial charge in [0.1, 0.15) is 11.6 Å². The molecule has 0 aliphatic carbocycles. The highest BCUT2D eigenvalue weighted by molar-refractivity contribution is 6.30. The van der Waals surface area contributed by atoms with Gasteiger partial charge in [-0.1, -0.05) is 23.7 Å². The Morgan fingerprint density at radius 2 is 2.13 bits per heavy atom. The minimum absolute atomic E-state index is 0.0160. The molecule has 2 N–H and O–H groups in total. The number of hydrogen-bond donors (Lipinski definition) is 2. The third-order valence-corrected chi connectivity index (χ3v) is 3.50. The van der Waals surface area contributed by atoms with E-state index < -0.39 is 11.9 Å². The highest BCUT2D eigenvalue weighted by Crippen LogP contribution is 2.20. The van der Waals surface area contributed by atoms with E-state index in [1.807, 2.05) is 6.92 Å². The van der Waals surface area contributed by atoms with Crippen molar-refractivity contribution in [3.8, 4) is 5.75 Å². The van der Waals surface area contributed by atoms with Crippen LogP contribution in [0.3, 0.4) is 0 Å². The molecular formula is C17H17ClFNO3. The average Bonchev–Trinajstić information content (AvgIpc) is 2.55. The zero-order valence-electron chi connectivity index (χ0n) is 12.6. The van der Waals surface area contributed by atoms with Crippen LogP contribution in [0.15, 0.2) is 42.5 Å². The first-order valence-electron chi connectivity index (χ1n) is 7.15. The van der Waals surface area contributed by atoms with Crippen LogP contribution >= 0.6 is 11.6 Å². The van der Waals surface area contributed by atoms with Gasteiger partial charge >= 0.3 is 0 Å². The van der Waals surface area contributed by atoms with Gasteiger partial charge in [0.15, 0.2) is 0 Å². The van der Waals surface area contributed by atoms with Gasteiger partial charge in [-0.2, -0.15) is 0 Å². The number of benzene rings is 2. The molecule has 4 nitrogen and oxygen atoms in total. The number of halogens is 2. The SMILES string of the molecule is CCOc1cccc(C(=O)NCC(O)c2ccc(Cl)c(F)c2)c1. The molecule has 0 aliphatic rings. The van der Waals surface area contributed by atoms with Crippen molar-refractivity contribution in [1.29, 1.82) is 0 Å². The van der Waals surface area contributed by atoms with Gasteiger partial charge in [-0.05, 0) is 42.8 Å². The highest BCUT2D eigenvalue weighted by atomic mass is 35.5. The maximum atomic E-state index is 13.4. The topological polar surface area (TPSA) is 58.6 Å². The second-order valence-corrected chi connectivity index (χ2v) is 5.27. The van der Waals surface area contributed by atoms with Gasteiger partial charge in [-0.15, -0.1) is 0 Å². The third-order valence-electron chi connectivity index (χ3n) is 3.19. The fourth-order valence-electron chi connectivity index (χ4n) is 2.02. The number of nitrogens with one attached hydrogen (secondary N) is 1. The first-order valence-corrected chi connectivity index (χ1v) is 7.53. The lowest BCUT2D eigenvalue weighted by Gasteiger charge is -2.13. The number of aliphatic hydroxyl groups excluding tert-OH is 1. The van der Waals surface area contributed by atoms with Crippen LogP contribution in [-0.2, 0) is 0 Å². The molecule has 0 aromatic heterocycles. The van der Waals surface area contributed by atoms with Gasteiger partial charge in [0.25, 0.3) is 5.91 Å². The zero-order valence-corrected chi connectivity index (χ0v) is 13.3. The van der Waals surface area contributed by atoms with Crippen molar-refractivity contribution in [2.24, 2.45) is 0 Å². The molecule has 2 aromatic carbocycles. The Morgan fingerprint density at radius 3 is 2.83 bits per heavy atom. The number of rotatable bonds is 6. The van der Waals surface area contributed by atoms with E-state index in [-0.39, 0.29) is 17.5 Å². The first-order chi connectivity index (χ1) is 11.0. The van der Waals surface area contributed by atoms with Crippen molar-refractivity contribution in [3.63, 3.8) is 0 Å². The maximum Gasteiger partial charge on any atom is 0.251 e. The zero-order chi connectivity index (χ0) is 16.8. The quantitative estimate of drug-likeness (QED) is 0.850. The summed E-state index contributed by atoms with van der Waals surface area (Å²) in [5, 5.41) is 12.6. The summed E-state index contributed by atoms with van der Waals surface area (Å²) in [5.74, 6) is -0.362. The Hall–Kier alpha value is -2.11. The summed E-state index contributed by atoms with van der Waals surface area (Å²) in [5.41, 5.74) is 0.765. The van der Waals surface area contributed by atoms with Gasteiger partial charge in [0.05, 0.1) is 17.7 Å². The van der Waals surface area contributed by atoms with E-state index in [1.54, 1.807) is 24.3 Å². The number of amides is 1. The van der Waals surface area contributed by atoms with Gasteiger partial charge in [0.2, 0.25) is 0 Å². The van der Waals surface area contributed by atoms with Crippen LogP contribution in [0.4, 0.5) is 4.39 Å². The fraction of sp³-hybridized carbons (Fsp3) is 0.235. The molecule has 1 atom stereocenters. The lowest BCUT2D eigenvalue weighted by molar-refractivity contribution is 0.0916. The summed E-state index contributed by atoms with van der Waals surface area (Å²) in [7, 11) is 0. The van der Waals surface area contributed by atoms with Crippen molar-refractivity contribution in [2.75, 3.05) is 13.2 Å². The summed E-state index contributed by atoms with van der Waals surface area (Å²) in [6.45, 7) is 2.32. The van der Waals surface area contributed by atoms with Gasteiger partial charge in [-0.25, -0.2) is 4.39 Å². The second kappa shape index (κ2) is 7.94. The van der Waals surface area contributed by atoms with E-state index in [0.717, 1.165) is 6.07 Å². The number of hydrogen-bond acceptors (Lipinski definition) is 3. The molecule has 0 saturated carbocycles. The molecule has 6 heteroatoms. The van der Waals surface area contributed by atoms with Gasteiger partial charge < -0.3 is 15.2 Å². The maximum absolute atomic E-state index is 13.4. The molecule has 2 rings (SSSR count). The van der Waals surface area contributed by atoms with Crippen molar-refractivity contribution in [1.82, 2.24) is 5.32 Å². The summed E-state index contributed by atoms with van der Waals surface area (Å²) in [6, 6.07) is 10.8. The fourth-order valence-corrected chi connectivity index (χ4v) is 2.14. The smallest absolute Gasteiger partial charge is 0.251 e. The molecule has 1 unspecified atom stereocenters. The van der Waals surface area contributed by atoms with E-state index in [2.05, 4.69) is 5.32 Å². The molecule has 0 radical (unpaired) electrons. The van der Waals surface area contributed by atoms with Crippen LogP contribution in [0.1, 0.15) is 28.9 Å². The largest absolute Gasteiger partial charge is 0.494 e. The molecule has 23 heavy (non-hydrogen) atoms. The molecule has 0 bridgehead atoms. The van der Waals surface area contributed by atoms with Crippen LogP contribution in [-0.4, -0.2) is 24.2 Å². The monoisotopic (exact) mass is 337 g/mol. The number of carbonyl (C=O) groups excluding carboxylic acids is 1. The first kappa shape index (κ1) is 17.2. The molecule has 0 fully saturated rings. The Kier molecular flexibility index (Phi) is 5.96. The molecule has 2 aromatic rings. The van der Waals surface area contributed by atoms with Crippen LogP contribution < -0.4 is 10.1 Å². The van der Waals surface area contributed by atoms with E-state index in [1.165, 1.54) is 12.1 Å². The Morgan fingerprint density at radius 1 is 1.35 bits per heavy atom. The molecule has 1 amide bonds. The number of aliphatic hydroxyl groups is 1. The Bertz CT molecular complexity index is 693. The van der Waals surface area contributed by atoms with Crippen LogP contribution in [0, 0.1) is 5.82 Å². The van der Waals surface area contributed by atoms with E-state index in [4.69, 9.17) is 16.3 Å². The number of carbonyl (C=O) groups is 1. The average molecular weight is 338 g/mol. The van der Waals surface area contributed by atoms with Crippen molar-refractivity contribution >= 4 is 17.5 Å². The predicted octanol–water partition coefficient (Wildman–Crippen LogP) is 3.34. The van der Waals surface area contributed by atoms with E-state index >= 15 is 0 Å². The van der Waals surface area contributed by atoms with Crippen LogP contribution in [0.5, 0.6) is 5.75 Å². The normalized spacial score (nSPS) is 11.8. The third kappa shape index (κ3) is 4.68. The summed E-state index contributed by atoms with van der Waals surface area (Å²) < 4.78 is 18.7. The minimum atomic E-state index is -1.03. The summed E-state index contributed by atoms with van der Waals surface area (Å²) >= 11 is 5.60. The Balaban J connectivity index is 1.98. The summed E-state index contributed by atoms with van der Waals surface area (Å²) in [4.78, 5) is 12.1. The Labute approximate surface area is 138 Å². The summed E-state index contributed by atoms with van der Waals surface area (Å²) in [6.07, 6.45) is -1.03. The van der Waals surface area contributed by atoms with E-state index in [9.17, 15) is 14.3 Å². The number of ether oxygens (including phenoxy) is 1.